The Morgan fingerprint density at radius 2 is 1.68 bits per heavy atom. The Kier molecular flexibility index (Phi) is 5.73. The second-order valence-corrected chi connectivity index (χ2v) is 5.34. The van der Waals surface area contributed by atoms with E-state index in [1.54, 1.807) is 48.5 Å². The fraction of sp³-hybridized carbons (Fsp3) is 0.222. The van der Waals surface area contributed by atoms with Crippen molar-refractivity contribution in [1.82, 2.24) is 0 Å². The van der Waals surface area contributed by atoms with Gasteiger partial charge in [-0.05, 0) is 18.6 Å². The monoisotopic (exact) mass is 316 g/mol. The van der Waals surface area contributed by atoms with Crippen LogP contribution in [-0.2, 0) is 9.53 Å². The van der Waals surface area contributed by atoms with Crippen LogP contribution in [0.15, 0.2) is 54.6 Å². The first-order valence-electron chi connectivity index (χ1n) is 7.16. The fourth-order valence-electron chi connectivity index (χ4n) is 2.06. The molecule has 0 radical (unpaired) electrons. The summed E-state index contributed by atoms with van der Waals surface area (Å²) < 4.78 is 5.40. The van der Waals surface area contributed by atoms with E-state index in [0.29, 0.717) is 22.6 Å². The molecule has 0 unspecified atom stereocenters. The smallest absolute Gasteiger partial charge is 0.306 e. The lowest BCUT2D eigenvalue weighted by molar-refractivity contribution is -0.147. The first-order chi connectivity index (χ1) is 10.6. The molecule has 22 heavy (non-hydrogen) atoms. The summed E-state index contributed by atoms with van der Waals surface area (Å²) in [6, 6.07) is 15.6. The third-order valence-corrected chi connectivity index (χ3v) is 3.42. The average Bonchev–Trinajstić information content (AvgIpc) is 2.54. The molecule has 4 heteroatoms. The molecule has 0 saturated heterocycles. The lowest BCUT2D eigenvalue weighted by atomic mass is 10.00. The molecule has 0 bridgehead atoms. The Balaban J connectivity index is 2.30. The number of esters is 1. The van der Waals surface area contributed by atoms with Crippen molar-refractivity contribution in [1.29, 1.82) is 0 Å². The summed E-state index contributed by atoms with van der Waals surface area (Å²) >= 11 is 5.88. The van der Waals surface area contributed by atoms with Crippen LogP contribution in [0.1, 0.15) is 41.8 Å². The molecule has 0 saturated carbocycles. The van der Waals surface area contributed by atoms with E-state index in [9.17, 15) is 9.59 Å². The fourth-order valence-corrected chi connectivity index (χ4v) is 2.18. The van der Waals surface area contributed by atoms with Crippen LogP contribution < -0.4 is 0 Å². The number of rotatable bonds is 6. The molecular formula is C18H17ClO3. The van der Waals surface area contributed by atoms with Crippen molar-refractivity contribution in [3.63, 3.8) is 0 Å². The van der Waals surface area contributed by atoms with E-state index in [4.69, 9.17) is 16.3 Å². The predicted molar refractivity (Wildman–Crippen MR) is 86.0 cm³/mol. The van der Waals surface area contributed by atoms with E-state index in [-0.39, 0.29) is 18.2 Å². The highest BCUT2D eigenvalue weighted by Crippen LogP contribution is 2.25. The van der Waals surface area contributed by atoms with Crippen LogP contribution in [0.5, 0.6) is 0 Å². The number of carbonyl (C=O) groups is 2. The van der Waals surface area contributed by atoms with Crippen LogP contribution >= 0.6 is 11.6 Å². The highest BCUT2D eigenvalue weighted by atomic mass is 35.5. The quantitative estimate of drug-likeness (QED) is 0.577. The van der Waals surface area contributed by atoms with E-state index in [1.165, 1.54) is 0 Å². The molecule has 114 valence electrons. The molecule has 1 atom stereocenters. The molecule has 0 aliphatic carbocycles. The number of hydrogen-bond donors (Lipinski definition) is 0. The highest BCUT2D eigenvalue weighted by molar-refractivity contribution is 6.30. The second kappa shape index (κ2) is 7.76. The maximum Gasteiger partial charge on any atom is 0.306 e. The van der Waals surface area contributed by atoms with E-state index in [2.05, 4.69) is 0 Å². The predicted octanol–water partition coefficient (Wildman–Crippen LogP) is 4.61. The Labute approximate surface area is 134 Å². The van der Waals surface area contributed by atoms with E-state index in [1.807, 2.05) is 13.0 Å². The van der Waals surface area contributed by atoms with Gasteiger partial charge in [0.2, 0.25) is 5.78 Å². The lowest BCUT2D eigenvalue weighted by Crippen LogP contribution is -2.20. The molecule has 0 aromatic heterocycles. The number of ketones is 1. The van der Waals surface area contributed by atoms with Gasteiger partial charge in [0.05, 0.1) is 0 Å². The largest absolute Gasteiger partial charge is 0.449 e. The summed E-state index contributed by atoms with van der Waals surface area (Å²) in [4.78, 5) is 24.5. The topological polar surface area (TPSA) is 43.4 Å². The molecule has 2 rings (SSSR count). The molecule has 0 fully saturated rings. The number of halogens is 1. The number of benzene rings is 2. The van der Waals surface area contributed by atoms with Crippen LogP contribution in [0.3, 0.4) is 0 Å². The van der Waals surface area contributed by atoms with Gasteiger partial charge in [0, 0.05) is 22.6 Å². The third-order valence-electron chi connectivity index (χ3n) is 3.17. The standard InChI is InChI=1S/C18H17ClO3/c1-2-6-16(20)22-18(14-9-11-15(19)12-10-14)17(21)13-7-4-3-5-8-13/h3-5,7-12,18H,2,6H2,1H3/t18-/m0/s1. The van der Waals surface area contributed by atoms with Gasteiger partial charge in [-0.3, -0.25) is 9.59 Å². The van der Waals surface area contributed by atoms with Crippen LogP contribution in [0.2, 0.25) is 5.02 Å². The average molecular weight is 317 g/mol. The van der Waals surface area contributed by atoms with Crippen LogP contribution in [0, 0.1) is 0 Å². The molecule has 0 aliphatic heterocycles. The molecule has 0 amide bonds. The summed E-state index contributed by atoms with van der Waals surface area (Å²) in [5.41, 5.74) is 1.12. The number of ether oxygens (including phenoxy) is 1. The summed E-state index contributed by atoms with van der Waals surface area (Å²) in [6.45, 7) is 1.89. The molecule has 0 spiro atoms. The zero-order valence-corrected chi connectivity index (χ0v) is 13.0. The van der Waals surface area contributed by atoms with E-state index < -0.39 is 6.10 Å². The SMILES string of the molecule is CCCC(=O)O[C@H](C(=O)c1ccccc1)c1ccc(Cl)cc1. The van der Waals surface area contributed by atoms with E-state index >= 15 is 0 Å². The van der Waals surface area contributed by atoms with Crippen molar-refractivity contribution in [2.45, 2.75) is 25.9 Å². The Morgan fingerprint density at radius 3 is 2.27 bits per heavy atom. The minimum absolute atomic E-state index is 0.243. The van der Waals surface area contributed by atoms with Gasteiger partial charge in [-0.25, -0.2) is 0 Å². The normalized spacial score (nSPS) is 11.7. The van der Waals surface area contributed by atoms with Crippen molar-refractivity contribution in [2.24, 2.45) is 0 Å². The van der Waals surface area contributed by atoms with Gasteiger partial charge < -0.3 is 4.74 Å². The number of Topliss-reactive ketones (excluding diaryl/α,β-unsaturated/α-hetero) is 1. The van der Waals surface area contributed by atoms with Crippen molar-refractivity contribution in [3.05, 3.63) is 70.7 Å². The lowest BCUT2D eigenvalue weighted by Gasteiger charge is -2.17. The van der Waals surface area contributed by atoms with Gasteiger partial charge in [0.15, 0.2) is 6.10 Å². The first kappa shape index (κ1) is 16.2. The third kappa shape index (κ3) is 4.18. The maximum absolute atomic E-state index is 12.7. The zero-order chi connectivity index (χ0) is 15.9. The van der Waals surface area contributed by atoms with Crippen molar-refractivity contribution >= 4 is 23.4 Å². The minimum atomic E-state index is -0.946. The summed E-state index contributed by atoms with van der Waals surface area (Å²) in [6.07, 6.45) is 0.0106. The molecule has 0 heterocycles. The second-order valence-electron chi connectivity index (χ2n) is 4.90. The number of hydrogen-bond acceptors (Lipinski definition) is 3. The maximum atomic E-state index is 12.7. The molecule has 0 aliphatic rings. The first-order valence-corrected chi connectivity index (χ1v) is 7.54. The minimum Gasteiger partial charge on any atom is -0.449 e. The Hall–Kier alpha value is -2.13. The molecule has 0 N–H and O–H groups in total. The molecule has 3 nitrogen and oxygen atoms in total. The van der Waals surface area contributed by atoms with Gasteiger partial charge in [0.25, 0.3) is 0 Å². The van der Waals surface area contributed by atoms with Crippen molar-refractivity contribution < 1.29 is 14.3 Å². The molecule has 2 aromatic rings. The summed E-state index contributed by atoms with van der Waals surface area (Å²) in [5.74, 6) is -0.626. The van der Waals surface area contributed by atoms with Gasteiger partial charge in [-0.1, -0.05) is 61.0 Å². The van der Waals surface area contributed by atoms with Gasteiger partial charge in [0.1, 0.15) is 0 Å². The van der Waals surface area contributed by atoms with Crippen LogP contribution in [0.4, 0.5) is 0 Å². The summed E-state index contributed by atoms with van der Waals surface area (Å²) in [7, 11) is 0. The zero-order valence-electron chi connectivity index (χ0n) is 12.3. The molecule has 2 aromatic carbocycles. The molecular weight excluding hydrogens is 300 g/mol. The van der Waals surface area contributed by atoms with Gasteiger partial charge in [-0.2, -0.15) is 0 Å². The van der Waals surface area contributed by atoms with Crippen molar-refractivity contribution in [3.8, 4) is 0 Å². The van der Waals surface area contributed by atoms with Crippen LogP contribution in [-0.4, -0.2) is 11.8 Å². The van der Waals surface area contributed by atoms with Crippen LogP contribution in [0.25, 0.3) is 0 Å². The van der Waals surface area contributed by atoms with Gasteiger partial charge >= 0.3 is 5.97 Å². The van der Waals surface area contributed by atoms with Gasteiger partial charge in [-0.15, -0.1) is 0 Å². The Morgan fingerprint density at radius 1 is 1.05 bits per heavy atom. The highest BCUT2D eigenvalue weighted by Gasteiger charge is 2.25. The van der Waals surface area contributed by atoms with E-state index in [0.717, 1.165) is 0 Å². The Bertz CT molecular complexity index is 635. The summed E-state index contributed by atoms with van der Waals surface area (Å²) in [5, 5.41) is 0.564. The van der Waals surface area contributed by atoms with Crippen molar-refractivity contribution in [2.75, 3.05) is 0 Å². The number of carbonyl (C=O) groups excluding carboxylic acids is 2.